The van der Waals surface area contributed by atoms with Gasteiger partial charge < -0.3 is 10.2 Å². The molecule has 1 aliphatic heterocycles. The molecule has 7 heteroatoms. The summed E-state index contributed by atoms with van der Waals surface area (Å²) in [6.07, 6.45) is 0. The van der Waals surface area contributed by atoms with Gasteiger partial charge in [0.15, 0.2) is 11.5 Å². The summed E-state index contributed by atoms with van der Waals surface area (Å²) in [5, 5.41) is 19.1. The SMILES string of the molecule is CC1(C)CNCCN1c1ccc2nnnn2n1. The summed E-state index contributed by atoms with van der Waals surface area (Å²) in [7, 11) is 0. The van der Waals surface area contributed by atoms with Gasteiger partial charge in [-0.3, -0.25) is 0 Å². The molecule has 0 atom stereocenters. The highest BCUT2D eigenvalue weighted by atomic mass is 15.6. The number of fused-ring (bicyclic) bond motifs is 1. The molecule has 90 valence electrons. The first kappa shape index (κ1) is 10.4. The van der Waals surface area contributed by atoms with Gasteiger partial charge in [0.1, 0.15) is 0 Å². The lowest BCUT2D eigenvalue weighted by Gasteiger charge is -2.43. The van der Waals surface area contributed by atoms with Crippen molar-refractivity contribution < 1.29 is 0 Å². The maximum atomic E-state index is 4.43. The van der Waals surface area contributed by atoms with Crippen molar-refractivity contribution >= 4 is 11.5 Å². The fraction of sp³-hybridized carbons (Fsp3) is 0.600. The summed E-state index contributed by atoms with van der Waals surface area (Å²) in [5.74, 6) is 0.913. The van der Waals surface area contributed by atoms with Gasteiger partial charge in [0.05, 0.1) is 0 Å². The highest BCUT2D eigenvalue weighted by Gasteiger charge is 2.30. The summed E-state index contributed by atoms with van der Waals surface area (Å²) in [5.41, 5.74) is 0.717. The Labute approximate surface area is 98.8 Å². The van der Waals surface area contributed by atoms with Crippen LogP contribution in [0.4, 0.5) is 5.82 Å². The molecule has 0 saturated carbocycles. The largest absolute Gasteiger partial charge is 0.347 e. The molecule has 1 N–H and O–H groups in total. The number of hydrogen-bond donors (Lipinski definition) is 1. The van der Waals surface area contributed by atoms with E-state index in [9.17, 15) is 0 Å². The van der Waals surface area contributed by atoms with Gasteiger partial charge in [-0.05, 0) is 36.4 Å². The van der Waals surface area contributed by atoms with Crippen molar-refractivity contribution in [2.45, 2.75) is 19.4 Å². The van der Waals surface area contributed by atoms with Crippen LogP contribution >= 0.6 is 0 Å². The standard InChI is InChI=1S/C10H15N7/c1-10(2)7-11-5-6-16(10)9-4-3-8-12-14-15-17(8)13-9/h3-4,11H,5-7H2,1-2H3. The number of anilines is 1. The summed E-state index contributed by atoms with van der Waals surface area (Å²) < 4.78 is 1.47. The van der Waals surface area contributed by atoms with Crippen molar-refractivity contribution in [1.29, 1.82) is 0 Å². The van der Waals surface area contributed by atoms with Crippen LogP contribution in [0.3, 0.4) is 0 Å². The third-order valence-corrected chi connectivity index (χ3v) is 3.13. The third-order valence-electron chi connectivity index (χ3n) is 3.13. The predicted molar refractivity (Wildman–Crippen MR) is 62.9 cm³/mol. The lowest BCUT2D eigenvalue weighted by atomic mass is 10.0. The number of nitrogens with zero attached hydrogens (tertiary/aromatic N) is 6. The van der Waals surface area contributed by atoms with E-state index in [1.54, 1.807) is 0 Å². The first-order valence-electron chi connectivity index (χ1n) is 5.71. The normalized spacial score (nSPS) is 19.8. The number of nitrogens with one attached hydrogen (secondary N) is 1. The average Bonchev–Trinajstić information content (AvgIpc) is 2.75. The second-order valence-corrected chi connectivity index (χ2v) is 4.86. The van der Waals surface area contributed by atoms with Crippen LogP contribution in [-0.4, -0.2) is 50.4 Å². The van der Waals surface area contributed by atoms with Gasteiger partial charge >= 0.3 is 0 Å². The number of piperazine rings is 1. The molecule has 0 bridgehead atoms. The van der Waals surface area contributed by atoms with Crippen LogP contribution in [0.5, 0.6) is 0 Å². The van der Waals surface area contributed by atoms with Crippen LogP contribution in [0.25, 0.3) is 5.65 Å². The number of rotatable bonds is 1. The highest BCUT2D eigenvalue weighted by Crippen LogP contribution is 2.22. The third kappa shape index (κ3) is 1.72. The molecule has 1 fully saturated rings. The lowest BCUT2D eigenvalue weighted by Crippen LogP contribution is -2.58. The van der Waals surface area contributed by atoms with E-state index in [2.05, 4.69) is 44.7 Å². The zero-order valence-corrected chi connectivity index (χ0v) is 9.96. The summed E-state index contributed by atoms with van der Waals surface area (Å²) >= 11 is 0. The summed E-state index contributed by atoms with van der Waals surface area (Å²) in [6, 6.07) is 3.86. The summed E-state index contributed by atoms with van der Waals surface area (Å²) in [4.78, 5) is 2.28. The van der Waals surface area contributed by atoms with Gasteiger partial charge in [-0.1, -0.05) is 0 Å². The molecular weight excluding hydrogens is 218 g/mol. The van der Waals surface area contributed by atoms with Crippen molar-refractivity contribution in [3.63, 3.8) is 0 Å². The molecule has 0 spiro atoms. The van der Waals surface area contributed by atoms with Crippen molar-refractivity contribution in [3.05, 3.63) is 12.1 Å². The number of aromatic nitrogens is 5. The smallest absolute Gasteiger partial charge is 0.200 e. The number of tetrazole rings is 1. The van der Waals surface area contributed by atoms with Gasteiger partial charge in [-0.2, -0.15) is 0 Å². The number of hydrogen-bond acceptors (Lipinski definition) is 6. The minimum Gasteiger partial charge on any atom is -0.347 e. The van der Waals surface area contributed by atoms with Crippen LogP contribution in [0, 0.1) is 0 Å². The maximum Gasteiger partial charge on any atom is 0.200 e. The zero-order chi connectivity index (χ0) is 11.9. The zero-order valence-electron chi connectivity index (χ0n) is 9.96. The van der Waals surface area contributed by atoms with Gasteiger partial charge in [0.25, 0.3) is 0 Å². The Hall–Kier alpha value is -1.76. The summed E-state index contributed by atoms with van der Waals surface area (Å²) in [6.45, 7) is 7.25. The van der Waals surface area contributed by atoms with E-state index >= 15 is 0 Å². The van der Waals surface area contributed by atoms with E-state index in [0.717, 1.165) is 25.5 Å². The Morgan fingerprint density at radius 1 is 1.35 bits per heavy atom. The van der Waals surface area contributed by atoms with Crippen molar-refractivity contribution in [1.82, 2.24) is 30.6 Å². The fourth-order valence-electron chi connectivity index (χ4n) is 2.19. The van der Waals surface area contributed by atoms with Crippen LogP contribution in [0.1, 0.15) is 13.8 Å². The molecule has 2 aromatic heterocycles. The topological polar surface area (TPSA) is 71.2 Å². The molecule has 3 heterocycles. The average molecular weight is 233 g/mol. The monoisotopic (exact) mass is 233 g/mol. The van der Waals surface area contributed by atoms with E-state index in [4.69, 9.17) is 0 Å². The second-order valence-electron chi connectivity index (χ2n) is 4.86. The Kier molecular flexibility index (Phi) is 2.22. The van der Waals surface area contributed by atoms with E-state index in [-0.39, 0.29) is 5.54 Å². The first-order chi connectivity index (χ1) is 8.17. The molecule has 1 aliphatic rings. The second kappa shape index (κ2) is 3.63. The Morgan fingerprint density at radius 3 is 3.06 bits per heavy atom. The Balaban J connectivity index is 2.01. The molecule has 3 rings (SSSR count). The molecule has 7 nitrogen and oxygen atoms in total. The molecule has 2 aromatic rings. The maximum absolute atomic E-state index is 4.43. The van der Waals surface area contributed by atoms with Crippen LogP contribution in [0.2, 0.25) is 0 Å². The van der Waals surface area contributed by atoms with E-state index in [1.165, 1.54) is 4.63 Å². The van der Waals surface area contributed by atoms with Crippen molar-refractivity contribution in [3.8, 4) is 0 Å². The van der Waals surface area contributed by atoms with Crippen LogP contribution < -0.4 is 10.2 Å². The van der Waals surface area contributed by atoms with Gasteiger partial charge in [-0.25, -0.2) is 0 Å². The molecule has 0 unspecified atom stereocenters. The Bertz CT molecular complexity index is 532. The van der Waals surface area contributed by atoms with Crippen LogP contribution in [-0.2, 0) is 0 Å². The van der Waals surface area contributed by atoms with Crippen molar-refractivity contribution in [2.24, 2.45) is 0 Å². The molecule has 1 saturated heterocycles. The predicted octanol–water partition coefficient (Wildman–Crippen LogP) is -0.293. The lowest BCUT2D eigenvalue weighted by molar-refractivity contribution is 0.376. The Morgan fingerprint density at radius 2 is 2.24 bits per heavy atom. The quantitative estimate of drug-likeness (QED) is 0.729. The highest BCUT2D eigenvalue weighted by molar-refractivity contribution is 5.46. The van der Waals surface area contributed by atoms with Crippen LogP contribution in [0.15, 0.2) is 12.1 Å². The molecule has 0 aliphatic carbocycles. The van der Waals surface area contributed by atoms with Gasteiger partial charge in [0.2, 0.25) is 0 Å². The van der Waals surface area contributed by atoms with E-state index in [1.807, 2.05) is 12.1 Å². The molecule has 0 radical (unpaired) electrons. The van der Waals surface area contributed by atoms with Crippen molar-refractivity contribution in [2.75, 3.05) is 24.5 Å². The van der Waals surface area contributed by atoms with E-state index in [0.29, 0.717) is 5.65 Å². The van der Waals surface area contributed by atoms with E-state index < -0.39 is 0 Å². The molecule has 17 heavy (non-hydrogen) atoms. The first-order valence-corrected chi connectivity index (χ1v) is 5.71. The minimum atomic E-state index is 0.0485. The molecule has 0 amide bonds. The minimum absolute atomic E-state index is 0.0485. The molecular formula is C10H15N7. The van der Waals surface area contributed by atoms with Gasteiger partial charge in [0, 0.05) is 25.2 Å². The van der Waals surface area contributed by atoms with Gasteiger partial charge in [-0.15, -0.1) is 14.8 Å². The fourth-order valence-corrected chi connectivity index (χ4v) is 2.19. The molecule has 0 aromatic carbocycles.